The minimum atomic E-state index is -2.86. The van der Waals surface area contributed by atoms with Gasteiger partial charge in [0.2, 0.25) is 0 Å². The number of rotatable bonds is 5. The van der Waals surface area contributed by atoms with E-state index in [2.05, 4.69) is 5.32 Å². The third-order valence-corrected chi connectivity index (χ3v) is 4.43. The van der Waals surface area contributed by atoms with Gasteiger partial charge < -0.3 is 10.1 Å². The molecule has 1 unspecified atom stereocenters. The first kappa shape index (κ1) is 13.3. The maximum Gasteiger partial charge on any atom is 0.407 e. The summed E-state index contributed by atoms with van der Waals surface area (Å²) in [5.74, 6) is 0.468. The van der Waals surface area contributed by atoms with Gasteiger partial charge in [-0.25, -0.2) is 13.2 Å². The van der Waals surface area contributed by atoms with Crippen LogP contribution >= 0.6 is 0 Å². The molecular weight excluding hydrogens is 230 g/mol. The molecule has 1 heterocycles. The number of sulfone groups is 1. The van der Waals surface area contributed by atoms with Crippen LogP contribution in [0, 0.1) is 5.92 Å². The molecule has 1 rings (SSSR count). The summed E-state index contributed by atoms with van der Waals surface area (Å²) in [5.41, 5.74) is 0. The van der Waals surface area contributed by atoms with Crippen LogP contribution < -0.4 is 5.32 Å². The number of hydrogen-bond donors (Lipinski definition) is 1. The summed E-state index contributed by atoms with van der Waals surface area (Å²) in [6.45, 7) is 2.83. The number of carbonyl (C=O) groups is 1. The number of carbonyl (C=O) groups excluding carboxylic acids is 1. The molecular formula is C10H19NO4S. The van der Waals surface area contributed by atoms with Crippen LogP contribution in [0.2, 0.25) is 0 Å². The minimum absolute atomic E-state index is 0.0451. The first-order valence-corrected chi connectivity index (χ1v) is 7.46. The Hall–Kier alpha value is -0.780. The van der Waals surface area contributed by atoms with Gasteiger partial charge in [-0.1, -0.05) is 13.3 Å². The summed E-state index contributed by atoms with van der Waals surface area (Å²) >= 11 is 0. The fourth-order valence-electron chi connectivity index (χ4n) is 1.62. The van der Waals surface area contributed by atoms with E-state index in [-0.39, 0.29) is 17.4 Å². The van der Waals surface area contributed by atoms with Crippen LogP contribution in [0.5, 0.6) is 0 Å². The van der Waals surface area contributed by atoms with E-state index < -0.39 is 15.9 Å². The van der Waals surface area contributed by atoms with Crippen LogP contribution in [0.1, 0.15) is 26.2 Å². The topological polar surface area (TPSA) is 72.5 Å². The average molecular weight is 249 g/mol. The van der Waals surface area contributed by atoms with Crippen molar-refractivity contribution in [1.82, 2.24) is 5.32 Å². The first-order valence-electron chi connectivity index (χ1n) is 5.64. The van der Waals surface area contributed by atoms with Crippen molar-refractivity contribution >= 4 is 15.9 Å². The van der Waals surface area contributed by atoms with Crippen molar-refractivity contribution in [2.75, 3.05) is 24.7 Å². The Kier molecular flexibility index (Phi) is 5.05. The lowest BCUT2D eigenvalue weighted by Crippen LogP contribution is -2.30. The largest absolute Gasteiger partial charge is 0.450 e. The molecule has 6 heteroatoms. The van der Waals surface area contributed by atoms with Crippen molar-refractivity contribution in [2.45, 2.75) is 26.2 Å². The maximum absolute atomic E-state index is 11.2. The molecule has 16 heavy (non-hydrogen) atoms. The standard InChI is InChI=1S/C10H19NO4S/c1-2-3-5-15-10(12)11-7-9-4-6-16(13,14)8-9/h9H,2-8H2,1H3,(H,11,12). The van der Waals surface area contributed by atoms with E-state index in [1.807, 2.05) is 6.92 Å². The van der Waals surface area contributed by atoms with Gasteiger partial charge in [0.25, 0.3) is 0 Å². The van der Waals surface area contributed by atoms with Crippen LogP contribution in [0.25, 0.3) is 0 Å². The van der Waals surface area contributed by atoms with Crippen LogP contribution in [0.3, 0.4) is 0 Å². The third-order valence-electron chi connectivity index (χ3n) is 2.59. The smallest absolute Gasteiger partial charge is 0.407 e. The summed E-state index contributed by atoms with van der Waals surface area (Å²) in [7, 11) is -2.86. The van der Waals surface area contributed by atoms with E-state index in [1.54, 1.807) is 0 Å². The molecule has 0 aromatic heterocycles. The van der Waals surface area contributed by atoms with E-state index in [4.69, 9.17) is 4.74 Å². The zero-order valence-corrected chi connectivity index (χ0v) is 10.4. The zero-order chi connectivity index (χ0) is 12.0. The van der Waals surface area contributed by atoms with Crippen molar-refractivity contribution < 1.29 is 17.9 Å². The van der Waals surface area contributed by atoms with Gasteiger partial charge in [0, 0.05) is 6.54 Å². The Bertz CT molecular complexity index is 326. The maximum atomic E-state index is 11.2. The Morgan fingerprint density at radius 3 is 2.81 bits per heavy atom. The Labute approximate surface area is 96.5 Å². The van der Waals surface area contributed by atoms with Gasteiger partial charge in [0.1, 0.15) is 0 Å². The number of hydrogen-bond acceptors (Lipinski definition) is 4. The molecule has 1 N–H and O–H groups in total. The number of ether oxygens (including phenoxy) is 1. The van der Waals surface area contributed by atoms with E-state index in [0.29, 0.717) is 19.6 Å². The fourth-order valence-corrected chi connectivity index (χ4v) is 3.48. The predicted octanol–water partition coefficient (Wildman–Crippen LogP) is 0.947. The van der Waals surface area contributed by atoms with Gasteiger partial charge in [-0.2, -0.15) is 0 Å². The second-order valence-corrected chi connectivity index (χ2v) is 6.37. The molecule has 1 aliphatic heterocycles. The summed E-state index contributed by atoms with van der Waals surface area (Å²) in [6, 6.07) is 0. The lowest BCUT2D eigenvalue weighted by Gasteiger charge is -2.09. The summed E-state index contributed by atoms with van der Waals surface area (Å²) in [5, 5.41) is 2.60. The molecule has 0 aromatic carbocycles. The molecule has 1 saturated heterocycles. The minimum Gasteiger partial charge on any atom is -0.450 e. The SMILES string of the molecule is CCCCOC(=O)NCC1CCS(=O)(=O)C1. The molecule has 0 aliphatic carbocycles. The highest BCUT2D eigenvalue weighted by Crippen LogP contribution is 2.17. The fraction of sp³-hybridized carbons (Fsp3) is 0.900. The van der Waals surface area contributed by atoms with Crippen LogP contribution in [-0.4, -0.2) is 39.2 Å². The van der Waals surface area contributed by atoms with Crippen molar-refractivity contribution in [1.29, 1.82) is 0 Å². The van der Waals surface area contributed by atoms with Crippen molar-refractivity contribution in [2.24, 2.45) is 5.92 Å². The molecule has 0 saturated carbocycles. The monoisotopic (exact) mass is 249 g/mol. The molecule has 0 aromatic rings. The number of unbranched alkanes of at least 4 members (excludes halogenated alkanes) is 1. The van der Waals surface area contributed by atoms with Crippen molar-refractivity contribution in [3.63, 3.8) is 0 Å². The average Bonchev–Trinajstić information content (AvgIpc) is 2.56. The third kappa shape index (κ3) is 4.83. The van der Waals surface area contributed by atoms with Crippen LogP contribution in [0.15, 0.2) is 0 Å². The summed E-state index contributed by atoms with van der Waals surface area (Å²) < 4.78 is 27.2. The lowest BCUT2D eigenvalue weighted by molar-refractivity contribution is 0.143. The molecule has 1 fully saturated rings. The first-order chi connectivity index (χ1) is 7.53. The quantitative estimate of drug-likeness (QED) is 0.736. The van der Waals surface area contributed by atoms with Gasteiger partial charge in [0.05, 0.1) is 18.1 Å². The van der Waals surface area contributed by atoms with Crippen molar-refractivity contribution in [3.8, 4) is 0 Å². The molecule has 0 bridgehead atoms. The molecule has 5 nitrogen and oxygen atoms in total. The molecule has 1 amide bonds. The van der Waals surface area contributed by atoms with Gasteiger partial charge in [-0.05, 0) is 18.8 Å². The predicted molar refractivity (Wildman–Crippen MR) is 61.0 cm³/mol. The van der Waals surface area contributed by atoms with Crippen LogP contribution in [0.4, 0.5) is 4.79 Å². The normalized spacial score (nSPS) is 22.9. The second-order valence-electron chi connectivity index (χ2n) is 4.14. The molecule has 94 valence electrons. The Morgan fingerprint density at radius 2 is 2.25 bits per heavy atom. The van der Waals surface area contributed by atoms with Crippen molar-refractivity contribution in [3.05, 3.63) is 0 Å². The van der Waals surface area contributed by atoms with Crippen LogP contribution in [-0.2, 0) is 14.6 Å². The Balaban J connectivity index is 2.13. The van der Waals surface area contributed by atoms with Gasteiger partial charge in [-0.15, -0.1) is 0 Å². The number of nitrogens with one attached hydrogen (secondary N) is 1. The zero-order valence-electron chi connectivity index (χ0n) is 9.57. The molecule has 1 aliphatic rings. The molecule has 0 radical (unpaired) electrons. The van der Waals surface area contributed by atoms with Gasteiger partial charge in [0.15, 0.2) is 9.84 Å². The summed E-state index contributed by atoms with van der Waals surface area (Å²) in [6.07, 6.45) is 2.02. The van der Waals surface area contributed by atoms with Gasteiger partial charge in [-0.3, -0.25) is 0 Å². The highest BCUT2D eigenvalue weighted by Gasteiger charge is 2.27. The second kappa shape index (κ2) is 6.08. The molecule has 0 spiro atoms. The highest BCUT2D eigenvalue weighted by atomic mass is 32.2. The van der Waals surface area contributed by atoms with E-state index >= 15 is 0 Å². The van der Waals surface area contributed by atoms with E-state index in [9.17, 15) is 13.2 Å². The number of alkyl carbamates (subject to hydrolysis) is 1. The van der Waals surface area contributed by atoms with E-state index in [0.717, 1.165) is 12.8 Å². The summed E-state index contributed by atoms with van der Waals surface area (Å²) in [4.78, 5) is 11.2. The number of amides is 1. The van der Waals surface area contributed by atoms with E-state index in [1.165, 1.54) is 0 Å². The lowest BCUT2D eigenvalue weighted by atomic mass is 10.1. The Morgan fingerprint density at radius 1 is 1.50 bits per heavy atom. The highest BCUT2D eigenvalue weighted by molar-refractivity contribution is 7.91. The van der Waals surface area contributed by atoms with Gasteiger partial charge >= 0.3 is 6.09 Å². The molecule has 1 atom stereocenters.